The molecule has 1 aromatic heterocycles. The van der Waals surface area contributed by atoms with Crippen LogP contribution in [0.3, 0.4) is 0 Å². The molecular weight excluding hydrogens is 314 g/mol. The van der Waals surface area contributed by atoms with E-state index < -0.39 is 11.4 Å². The lowest BCUT2D eigenvalue weighted by Crippen LogP contribution is -2.37. The predicted octanol–water partition coefficient (Wildman–Crippen LogP) is 1.44. The molecular formula is C17H19NO6. The summed E-state index contributed by atoms with van der Waals surface area (Å²) < 4.78 is 21.5. The fourth-order valence-corrected chi connectivity index (χ4v) is 2.42. The van der Waals surface area contributed by atoms with E-state index in [-0.39, 0.29) is 18.6 Å². The molecule has 1 N–H and O–H groups in total. The zero-order valence-corrected chi connectivity index (χ0v) is 13.5. The first kappa shape index (κ1) is 16.5. The van der Waals surface area contributed by atoms with Crippen LogP contribution in [0, 0.1) is 0 Å². The monoisotopic (exact) mass is 333 g/mol. The topological polar surface area (TPSA) is 87.0 Å². The van der Waals surface area contributed by atoms with Gasteiger partial charge in [0.25, 0.3) is 5.91 Å². The third kappa shape index (κ3) is 4.12. The molecule has 1 aromatic carbocycles. The van der Waals surface area contributed by atoms with Crippen LogP contribution in [-0.2, 0) is 14.3 Å². The zero-order chi connectivity index (χ0) is 17.2. The Morgan fingerprint density at radius 2 is 2.12 bits per heavy atom. The SMILES string of the molecule is CC1(C)OC[C@@H](CNC(=O)COc2ccc3ccc(=O)oc3c2)O1. The maximum Gasteiger partial charge on any atom is 0.336 e. The van der Waals surface area contributed by atoms with E-state index in [1.54, 1.807) is 24.3 Å². The molecule has 0 spiro atoms. The standard InChI is InChI=1S/C17H19NO6/c1-17(2)22-9-13(24-17)8-18-15(19)10-21-12-5-3-11-4-6-16(20)23-14(11)7-12/h3-7,13H,8-10H2,1-2H3,(H,18,19)/t13-/m1/s1. The van der Waals surface area contributed by atoms with Crippen LogP contribution in [0.4, 0.5) is 0 Å². The van der Waals surface area contributed by atoms with Crippen LogP contribution >= 0.6 is 0 Å². The quantitative estimate of drug-likeness (QED) is 0.833. The molecule has 3 rings (SSSR count). The molecule has 2 aromatic rings. The lowest BCUT2D eigenvalue weighted by molar-refractivity contribution is -0.139. The second kappa shape index (κ2) is 6.62. The summed E-state index contributed by atoms with van der Waals surface area (Å²) in [5.41, 5.74) is -0.0155. The predicted molar refractivity (Wildman–Crippen MR) is 85.9 cm³/mol. The van der Waals surface area contributed by atoms with Crippen molar-refractivity contribution < 1.29 is 23.4 Å². The number of amides is 1. The molecule has 1 fully saturated rings. The van der Waals surface area contributed by atoms with Crippen molar-refractivity contribution >= 4 is 16.9 Å². The third-order valence-electron chi connectivity index (χ3n) is 3.56. The lowest BCUT2D eigenvalue weighted by Gasteiger charge is -2.17. The first-order valence-electron chi connectivity index (χ1n) is 7.66. The fourth-order valence-electron chi connectivity index (χ4n) is 2.42. The molecule has 0 radical (unpaired) electrons. The van der Waals surface area contributed by atoms with Crippen molar-refractivity contribution in [2.24, 2.45) is 0 Å². The number of hydrogen-bond donors (Lipinski definition) is 1. The summed E-state index contributed by atoms with van der Waals surface area (Å²) in [6.07, 6.45) is -0.168. The molecule has 2 heterocycles. The highest BCUT2D eigenvalue weighted by molar-refractivity contribution is 5.79. The van der Waals surface area contributed by atoms with Crippen LogP contribution in [0.15, 0.2) is 39.5 Å². The van der Waals surface area contributed by atoms with Gasteiger partial charge in [0.2, 0.25) is 0 Å². The molecule has 1 aliphatic rings. The Morgan fingerprint density at radius 1 is 1.33 bits per heavy atom. The van der Waals surface area contributed by atoms with Gasteiger partial charge in [-0.25, -0.2) is 4.79 Å². The highest BCUT2D eigenvalue weighted by Gasteiger charge is 2.32. The van der Waals surface area contributed by atoms with Gasteiger partial charge in [-0.2, -0.15) is 0 Å². The van der Waals surface area contributed by atoms with Crippen molar-refractivity contribution in [3.05, 3.63) is 40.8 Å². The van der Waals surface area contributed by atoms with Crippen LogP contribution in [0.1, 0.15) is 13.8 Å². The van der Waals surface area contributed by atoms with Gasteiger partial charge < -0.3 is 23.9 Å². The highest BCUT2D eigenvalue weighted by atomic mass is 16.7. The number of ether oxygens (including phenoxy) is 3. The molecule has 0 saturated carbocycles. The van der Waals surface area contributed by atoms with Crippen LogP contribution in [-0.4, -0.2) is 37.6 Å². The van der Waals surface area contributed by atoms with Crippen molar-refractivity contribution in [2.45, 2.75) is 25.7 Å². The first-order valence-corrected chi connectivity index (χ1v) is 7.66. The summed E-state index contributed by atoms with van der Waals surface area (Å²) in [6, 6.07) is 8.08. The average Bonchev–Trinajstić information content (AvgIpc) is 2.89. The second-order valence-corrected chi connectivity index (χ2v) is 6.00. The van der Waals surface area contributed by atoms with Gasteiger partial charge in [0, 0.05) is 24.1 Å². The van der Waals surface area contributed by atoms with E-state index in [2.05, 4.69) is 5.32 Å². The van der Waals surface area contributed by atoms with Crippen LogP contribution in [0.2, 0.25) is 0 Å². The number of carbonyl (C=O) groups is 1. The maximum atomic E-state index is 11.8. The summed E-state index contributed by atoms with van der Waals surface area (Å²) >= 11 is 0. The van der Waals surface area contributed by atoms with Gasteiger partial charge in [-0.1, -0.05) is 0 Å². The smallest absolute Gasteiger partial charge is 0.336 e. The average molecular weight is 333 g/mol. The van der Waals surface area contributed by atoms with E-state index in [1.165, 1.54) is 6.07 Å². The van der Waals surface area contributed by atoms with E-state index in [1.807, 2.05) is 13.8 Å². The molecule has 1 amide bonds. The maximum absolute atomic E-state index is 11.8. The first-order chi connectivity index (χ1) is 11.4. The van der Waals surface area contributed by atoms with E-state index in [4.69, 9.17) is 18.6 Å². The Balaban J connectivity index is 1.50. The Labute approximate surface area is 138 Å². The number of carbonyl (C=O) groups excluding carboxylic acids is 1. The zero-order valence-electron chi connectivity index (χ0n) is 13.5. The van der Waals surface area contributed by atoms with Gasteiger partial charge in [0.05, 0.1) is 6.61 Å². The van der Waals surface area contributed by atoms with Crippen LogP contribution in [0.25, 0.3) is 11.0 Å². The summed E-state index contributed by atoms with van der Waals surface area (Å²) in [5.74, 6) is -0.424. The van der Waals surface area contributed by atoms with E-state index in [0.29, 0.717) is 24.5 Å². The van der Waals surface area contributed by atoms with Gasteiger partial charge >= 0.3 is 5.63 Å². The summed E-state index contributed by atoms with van der Waals surface area (Å²) in [5, 5.41) is 3.52. The minimum atomic E-state index is -0.610. The molecule has 1 aliphatic heterocycles. The summed E-state index contributed by atoms with van der Waals surface area (Å²) in [4.78, 5) is 23.1. The minimum absolute atomic E-state index is 0.139. The van der Waals surface area contributed by atoms with Gasteiger partial charge in [-0.3, -0.25) is 4.79 Å². The highest BCUT2D eigenvalue weighted by Crippen LogP contribution is 2.22. The summed E-state index contributed by atoms with van der Waals surface area (Å²) in [6.45, 7) is 4.32. The Kier molecular flexibility index (Phi) is 4.55. The molecule has 0 aliphatic carbocycles. The minimum Gasteiger partial charge on any atom is -0.484 e. The van der Waals surface area contributed by atoms with E-state index in [9.17, 15) is 9.59 Å². The molecule has 1 saturated heterocycles. The van der Waals surface area contributed by atoms with Crippen LogP contribution in [0.5, 0.6) is 5.75 Å². The molecule has 1 atom stereocenters. The molecule has 24 heavy (non-hydrogen) atoms. The van der Waals surface area contributed by atoms with Crippen molar-refractivity contribution in [1.82, 2.24) is 5.32 Å². The molecule has 7 heteroatoms. The molecule has 0 unspecified atom stereocenters. The number of nitrogens with one attached hydrogen (secondary N) is 1. The van der Waals surface area contributed by atoms with Crippen molar-refractivity contribution in [1.29, 1.82) is 0 Å². The number of fused-ring (bicyclic) bond motifs is 1. The lowest BCUT2D eigenvalue weighted by atomic mass is 10.2. The number of hydrogen-bond acceptors (Lipinski definition) is 6. The Bertz CT molecular complexity index is 797. The van der Waals surface area contributed by atoms with Gasteiger partial charge in [0.1, 0.15) is 17.4 Å². The van der Waals surface area contributed by atoms with Crippen LogP contribution < -0.4 is 15.7 Å². The van der Waals surface area contributed by atoms with Gasteiger partial charge in [0.15, 0.2) is 12.4 Å². The summed E-state index contributed by atoms with van der Waals surface area (Å²) in [7, 11) is 0. The van der Waals surface area contributed by atoms with Gasteiger partial charge in [-0.15, -0.1) is 0 Å². The normalized spacial score (nSPS) is 19.3. The Hall–Kier alpha value is -2.38. The number of rotatable bonds is 5. The largest absolute Gasteiger partial charge is 0.484 e. The molecule has 7 nitrogen and oxygen atoms in total. The fraction of sp³-hybridized carbons (Fsp3) is 0.412. The molecule has 128 valence electrons. The number of benzene rings is 1. The Morgan fingerprint density at radius 3 is 2.88 bits per heavy atom. The van der Waals surface area contributed by atoms with Crippen molar-refractivity contribution in [3.63, 3.8) is 0 Å². The second-order valence-electron chi connectivity index (χ2n) is 6.00. The van der Waals surface area contributed by atoms with E-state index >= 15 is 0 Å². The molecule has 0 bridgehead atoms. The van der Waals surface area contributed by atoms with Crippen molar-refractivity contribution in [3.8, 4) is 5.75 Å². The van der Waals surface area contributed by atoms with Crippen molar-refractivity contribution in [2.75, 3.05) is 19.8 Å². The third-order valence-corrected chi connectivity index (χ3v) is 3.56. The van der Waals surface area contributed by atoms with E-state index in [0.717, 1.165) is 5.39 Å². The van der Waals surface area contributed by atoms with Gasteiger partial charge in [-0.05, 0) is 32.0 Å².